The summed E-state index contributed by atoms with van der Waals surface area (Å²) in [5, 5.41) is 5.25. The summed E-state index contributed by atoms with van der Waals surface area (Å²) in [6.45, 7) is 0.700. The topological polar surface area (TPSA) is 61.4 Å². The molecule has 2 amide bonds. The fourth-order valence-electron chi connectivity index (χ4n) is 1.44. The molecule has 0 atom stereocenters. The summed E-state index contributed by atoms with van der Waals surface area (Å²) in [6, 6.07) is 6.79. The maximum Gasteiger partial charge on any atom is 0.251 e. The average Bonchev–Trinajstić information content (AvgIpc) is 2.37. The predicted octanol–water partition coefficient (Wildman–Crippen LogP) is 1.10. The molecule has 0 aliphatic heterocycles. The molecule has 1 aromatic rings. The first-order valence-electron chi connectivity index (χ1n) is 5.97. The van der Waals surface area contributed by atoms with Crippen LogP contribution >= 0.6 is 0 Å². The maximum atomic E-state index is 11.6. The summed E-state index contributed by atoms with van der Waals surface area (Å²) >= 11 is 0. The summed E-state index contributed by atoms with van der Waals surface area (Å²) in [6.07, 6.45) is 3.25. The van der Waals surface area contributed by atoms with Crippen LogP contribution in [0.5, 0.6) is 0 Å². The second kappa shape index (κ2) is 7.33. The van der Waals surface area contributed by atoms with Gasteiger partial charge >= 0.3 is 0 Å². The van der Waals surface area contributed by atoms with E-state index in [-0.39, 0.29) is 11.8 Å². The first-order chi connectivity index (χ1) is 9.02. The fraction of sp³-hybridized carbons (Fsp3) is 0.286. The molecular formula is C14H19N3O2. The van der Waals surface area contributed by atoms with Crippen LogP contribution in [0.2, 0.25) is 0 Å². The zero-order valence-corrected chi connectivity index (χ0v) is 11.4. The lowest BCUT2D eigenvalue weighted by atomic mass is 10.2. The average molecular weight is 261 g/mol. The largest absolute Gasteiger partial charge is 0.355 e. The van der Waals surface area contributed by atoms with Gasteiger partial charge in [-0.25, -0.2) is 0 Å². The first-order valence-corrected chi connectivity index (χ1v) is 5.97. The molecule has 0 spiro atoms. The minimum atomic E-state index is -0.212. The Labute approximate surface area is 113 Å². The third kappa shape index (κ3) is 5.35. The Bertz CT molecular complexity index is 481. The van der Waals surface area contributed by atoms with Crippen LogP contribution in [0, 0.1) is 0 Å². The molecule has 0 unspecified atom stereocenters. The number of anilines is 1. The van der Waals surface area contributed by atoms with Gasteiger partial charge in [-0.05, 0) is 32.3 Å². The van der Waals surface area contributed by atoms with Gasteiger partial charge in [-0.1, -0.05) is 12.1 Å². The van der Waals surface area contributed by atoms with Crippen LogP contribution in [0.1, 0.15) is 10.4 Å². The molecule has 2 N–H and O–H groups in total. The molecule has 1 aromatic carbocycles. The van der Waals surface area contributed by atoms with Crippen molar-refractivity contribution in [2.45, 2.75) is 0 Å². The Kier molecular flexibility index (Phi) is 5.75. The van der Waals surface area contributed by atoms with E-state index in [2.05, 4.69) is 10.6 Å². The summed E-state index contributed by atoms with van der Waals surface area (Å²) in [5.74, 6) is -0.393. The summed E-state index contributed by atoms with van der Waals surface area (Å²) in [5.41, 5.74) is 1.11. The lowest BCUT2D eigenvalue weighted by Gasteiger charge is -2.06. The second-order valence-corrected chi connectivity index (χ2v) is 4.31. The standard InChI is InChI=1S/C14H19N3O2/c1-15-14(19)11-6-4-7-12(10-11)16-13(18)8-5-9-17(2)3/h4-8,10H,9H2,1-3H3,(H,15,19)(H,16,18). The number of nitrogens with zero attached hydrogens (tertiary/aromatic N) is 1. The first kappa shape index (κ1) is 14.9. The number of rotatable bonds is 5. The molecule has 102 valence electrons. The number of carbonyl (C=O) groups is 2. The van der Waals surface area contributed by atoms with E-state index in [0.717, 1.165) is 0 Å². The fourth-order valence-corrected chi connectivity index (χ4v) is 1.44. The van der Waals surface area contributed by atoms with Gasteiger partial charge in [0.25, 0.3) is 5.91 Å². The van der Waals surface area contributed by atoms with Gasteiger partial charge in [-0.3, -0.25) is 9.59 Å². The maximum absolute atomic E-state index is 11.6. The number of nitrogens with one attached hydrogen (secondary N) is 2. The third-order valence-electron chi connectivity index (χ3n) is 2.36. The molecule has 0 aliphatic rings. The third-order valence-corrected chi connectivity index (χ3v) is 2.36. The molecule has 0 heterocycles. The van der Waals surface area contributed by atoms with Gasteiger partial charge in [-0.2, -0.15) is 0 Å². The molecule has 19 heavy (non-hydrogen) atoms. The van der Waals surface area contributed by atoms with Gasteiger partial charge in [-0.15, -0.1) is 0 Å². The van der Waals surface area contributed by atoms with Crippen molar-refractivity contribution in [2.24, 2.45) is 0 Å². The van der Waals surface area contributed by atoms with Gasteiger partial charge in [0.2, 0.25) is 5.91 Å². The molecule has 5 nitrogen and oxygen atoms in total. The van der Waals surface area contributed by atoms with Crippen LogP contribution in [0.3, 0.4) is 0 Å². The molecule has 0 aliphatic carbocycles. The van der Waals surface area contributed by atoms with Crippen molar-refractivity contribution in [2.75, 3.05) is 33.0 Å². The van der Waals surface area contributed by atoms with Crippen molar-refractivity contribution < 1.29 is 9.59 Å². The van der Waals surface area contributed by atoms with Gasteiger partial charge in [0.1, 0.15) is 0 Å². The Hall–Kier alpha value is -2.14. The van der Waals surface area contributed by atoms with Crippen molar-refractivity contribution >= 4 is 17.5 Å². The molecule has 0 aromatic heterocycles. The highest BCUT2D eigenvalue weighted by atomic mass is 16.2. The highest BCUT2D eigenvalue weighted by molar-refractivity contribution is 6.01. The van der Waals surface area contributed by atoms with Crippen molar-refractivity contribution in [3.8, 4) is 0 Å². The van der Waals surface area contributed by atoms with Crippen LogP contribution < -0.4 is 10.6 Å². The normalized spacial score (nSPS) is 10.7. The lowest BCUT2D eigenvalue weighted by Crippen LogP contribution is -2.18. The van der Waals surface area contributed by atoms with E-state index in [1.54, 1.807) is 37.4 Å². The minimum absolute atomic E-state index is 0.181. The van der Waals surface area contributed by atoms with Crippen LogP contribution in [-0.2, 0) is 4.79 Å². The van der Waals surface area contributed by atoms with E-state index in [4.69, 9.17) is 0 Å². The van der Waals surface area contributed by atoms with E-state index in [0.29, 0.717) is 17.8 Å². The van der Waals surface area contributed by atoms with Crippen LogP contribution in [0.25, 0.3) is 0 Å². The Morgan fingerprint density at radius 3 is 2.68 bits per heavy atom. The number of benzene rings is 1. The SMILES string of the molecule is CNC(=O)c1cccc(NC(=O)C=CCN(C)C)c1. The zero-order chi connectivity index (χ0) is 14.3. The van der Waals surface area contributed by atoms with E-state index in [1.807, 2.05) is 19.0 Å². The van der Waals surface area contributed by atoms with Gasteiger partial charge in [0, 0.05) is 30.9 Å². The predicted molar refractivity (Wildman–Crippen MR) is 76.2 cm³/mol. The van der Waals surface area contributed by atoms with Crippen molar-refractivity contribution in [1.82, 2.24) is 10.2 Å². The lowest BCUT2D eigenvalue weighted by molar-refractivity contribution is -0.111. The van der Waals surface area contributed by atoms with Gasteiger partial charge in [0.15, 0.2) is 0 Å². The van der Waals surface area contributed by atoms with Crippen LogP contribution in [-0.4, -0.2) is 44.4 Å². The van der Waals surface area contributed by atoms with E-state index >= 15 is 0 Å². The molecule has 0 saturated carbocycles. The molecule has 0 saturated heterocycles. The number of hydrogen-bond acceptors (Lipinski definition) is 3. The zero-order valence-electron chi connectivity index (χ0n) is 11.4. The molecule has 1 rings (SSSR count). The summed E-state index contributed by atoms with van der Waals surface area (Å²) in [7, 11) is 5.42. The van der Waals surface area contributed by atoms with Gasteiger partial charge in [0.05, 0.1) is 0 Å². The molecule has 0 radical (unpaired) electrons. The van der Waals surface area contributed by atoms with Gasteiger partial charge < -0.3 is 15.5 Å². The number of hydrogen-bond donors (Lipinski definition) is 2. The minimum Gasteiger partial charge on any atom is -0.355 e. The quantitative estimate of drug-likeness (QED) is 0.780. The van der Waals surface area contributed by atoms with Crippen LogP contribution in [0.15, 0.2) is 36.4 Å². The van der Waals surface area contributed by atoms with Crippen LogP contribution in [0.4, 0.5) is 5.69 Å². The van der Waals surface area contributed by atoms with Crippen molar-refractivity contribution in [1.29, 1.82) is 0 Å². The number of likely N-dealkylation sites (N-methyl/N-ethyl adjacent to an activating group) is 1. The Morgan fingerprint density at radius 1 is 1.32 bits per heavy atom. The smallest absolute Gasteiger partial charge is 0.251 e. The highest BCUT2D eigenvalue weighted by Crippen LogP contribution is 2.10. The molecule has 0 fully saturated rings. The summed E-state index contributed by atoms with van der Waals surface area (Å²) < 4.78 is 0. The Balaban J connectivity index is 2.64. The Morgan fingerprint density at radius 2 is 2.05 bits per heavy atom. The molecule has 0 bridgehead atoms. The second-order valence-electron chi connectivity index (χ2n) is 4.31. The number of carbonyl (C=O) groups excluding carboxylic acids is 2. The number of amides is 2. The highest BCUT2D eigenvalue weighted by Gasteiger charge is 2.04. The van der Waals surface area contributed by atoms with E-state index in [9.17, 15) is 9.59 Å². The molecular weight excluding hydrogens is 242 g/mol. The van der Waals surface area contributed by atoms with E-state index in [1.165, 1.54) is 6.08 Å². The molecule has 5 heteroatoms. The van der Waals surface area contributed by atoms with Crippen molar-refractivity contribution in [3.63, 3.8) is 0 Å². The van der Waals surface area contributed by atoms with E-state index < -0.39 is 0 Å². The monoisotopic (exact) mass is 261 g/mol. The van der Waals surface area contributed by atoms with Crippen molar-refractivity contribution in [3.05, 3.63) is 42.0 Å². The summed E-state index contributed by atoms with van der Waals surface area (Å²) in [4.78, 5) is 25.0.